The molecule has 2 aliphatic rings. The molecule has 2 aliphatic heterocycles. The van der Waals surface area contributed by atoms with Gasteiger partial charge in [0.15, 0.2) is 0 Å². The van der Waals surface area contributed by atoms with Gasteiger partial charge < -0.3 is 9.64 Å². The quantitative estimate of drug-likeness (QED) is 0.590. The van der Waals surface area contributed by atoms with Crippen LogP contribution in [0.1, 0.15) is 26.2 Å². The molecule has 0 amide bonds. The van der Waals surface area contributed by atoms with Crippen molar-refractivity contribution in [1.29, 1.82) is 0 Å². The molecule has 0 radical (unpaired) electrons. The van der Waals surface area contributed by atoms with Gasteiger partial charge in [0, 0.05) is 5.41 Å². The molecule has 0 saturated carbocycles. The summed E-state index contributed by atoms with van der Waals surface area (Å²) < 4.78 is 5.32. The maximum atomic E-state index is 5.32. The highest BCUT2D eigenvalue weighted by molar-refractivity contribution is 4.88. The van der Waals surface area contributed by atoms with Crippen LogP contribution in [0.25, 0.3) is 0 Å². The first kappa shape index (κ1) is 8.52. The van der Waals surface area contributed by atoms with Crippen molar-refractivity contribution in [1.82, 2.24) is 4.90 Å². The third kappa shape index (κ3) is 1.50. The molecule has 0 aromatic rings. The fourth-order valence-electron chi connectivity index (χ4n) is 2.31. The Labute approximate surface area is 74.9 Å². The van der Waals surface area contributed by atoms with Crippen LogP contribution in [0.5, 0.6) is 0 Å². The molecule has 0 unspecified atom stereocenters. The highest BCUT2D eigenvalue weighted by Crippen LogP contribution is 2.38. The number of rotatable bonds is 1. The molecule has 2 heteroatoms. The van der Waals surface area contributed by atoms with Crippen LogP contribution in [0.3, 0.4) is 0 Å². The molecular weight excluding hydrogens is 150 g/mol. The number of nitrogens with zero attached hydrogens (tertiary/aromatic N) is 1. The van der Waals surface area contributed by atoms with Gasteiger partial charge in [-0.3, -0.25) is 0 Å². The lowest BCUT2D eigenvalue weighted by Crippen LogP contribution is -2.43. The second kappa shape index (κ2) is 3.35. The van der Waals surface area contributed by atoms with Gasteiger partial charge in [-0.1, -0.05) is 6.92 Å². The Hall–Kier alpha value is -0.0800. The maximum absolute atomic E-state index is 5.32. The topological polar surface area (TPSA) is 12.5 Å². The monoisotopic (exact) mass is 169 g/mol. The van der Waals surface area contributed by atoms with Crippen LogP contribution in [0, 0.1) is 5.41 Å². The zero-order valence-electron chi connectivity index (χ0n) is 8.01. The van der Waals surface area contributed by atoms with Gasteiger partial charge in [-0.05, 0) is 38.9 Å². The maximum Gasteiger partial charge on any atom is 0.0545 e. The van der Waals surface area contributed by atoms with Crippen molar-refractivity contribution >= 4 is 0 Å². The molecule has 0 aromatic heterocycles. The van der Waals surface area contributed by atoms with E-state index in [1.54, 1.807) is 0 Å². The van der Waals surface area contributed by atoms with Crippen LogP contribution < -0.4 is 0 Å². The Kier molecular flexibility index (Phi) is 2.37. The van der Waals surface area contributed by atoms with Crippen LogP contribution >= 0.6 is 0 Å². The van der Waals surface area contributed by atoms with Gasteiger partial charge in [0.2, 0.25) is 0 Å². The Balaban J connectivity index is 1.88. The van der Waals surface area contributed by atoms with Gasteiger partial charge >= 0.3 is 0 Å². The van der Waals surface area contributed by atoms with Gasteiger partial charge in [0.1, 0.15) is 0 Å². The lowest BCUT2D eigenvalue weighted by Gasteiger charge is -2.40. The molecule has 12 heavy (non-hydrogen) atoms. The van der Waals surface area contributed by atoms with Crippen molar-refractivity contribution in [2.24, 2.45) is 5.41 Å². The number of ether oxygens (including phenoxy) is 1. The summed E-state index contributed by atoms with van der Waals surface area (Å²) in [5.41, 5.74) is 0.601. The van der Waals surface area contributed by atoms with E-state index in [1.165, 1.54) is 38.9 Å². The molecular formula is C10H19NO. The molecule has 2 heterocycles. The molecule has 1 spiro atoms. The summed E-state index contributed by atoms with van der Waals surface area (Å²) in [5.74, 6) is 0. The van der Waals surface area contributed by atoms with Crippen molar-refractivity contribution in [2.45, 2.75) is 26.2 Å². The second-order valence-electron chi connectivity index (χ2n) is 4.28. The standard InChI is InChI=1S/C10H19NO/c1-2-11-6-3-4-10(5-7-11)8-12-9-10/h2-9H2,1H3. The molecule has 0 aliphatic carbocycles. The van der Waals surface area contributed by atoms with Crippen molar-refractivity contribution < 1.29 is 4.74 Å². The first-order chi connectivity index (χ1) is 5.85. The van der Waals surface area contributed by atoms with Crippen molar-refractivity contribution in [3.8, 4) is 0 Å². The van der Waals surface area contributed by atoms with E-state index in [0.29, 0.717) is 5.41 Å². The predicted octanol–water partition coefficient (Wildman–Crippen LogP) is 1.51. The Bertz CT molecular complexity index is 154. The van der Waals surface area contributed by atoms with Crippen molar-refractivity contribution in [3.05, 3.63) is 0 Å². The predicted molar refractivity (Wildman–Crippen MR) is 49.2 cm³/mol. The molecule has 70 valence electrons. The first-order valence-corrected chi connectivity index (χ1v) is 5.15. The highest BCUT2D eigenvalue weighted by Gasteiger charge is 2.39. The Morgan fingerprint density at radius 3 is 2.67 bits per heavy atom. The zero-order valence-corrected chi connectivity index (χ0v) is 8.01. The SMILES string of the molecule is CCN1CCCC2(CC1)COC2. The van der Waals surface area contributed by atoms with Crippen LogP contribution in [0.15, 0.2) is 0 Å². The van der Waals surface area contributed by atoms with E-state index in [0.717, 1.165) is 13.2 Å². The molecule has 2 saturated heterocycles. The van der Waals surface area contributed by atoms with E-state index < -0.39 is 0 Å². The van der Waals surface area contributed by atoms with E-state index in [4.69, 9.17) is 4.74 Å². The van der Waals surface area contributed by atoms with E-state index in [9.17, 15) is 0 Å². The largest absolute Gasteiger partial charge is 0.380 e. The second-order valence-corrected chi connectivity index (χ2v) is 4.28. The minimum Gasteiger partial charge on any atom is -0.380 e. The third-order valence-corrected chi connectivity index (χ3v) is 3.40. The summed E-state index contributed by atoms with van der Waals surface area (Å²) in [6.45, 7) is 8.14. The van der Waals surface area contributed by atoms with Crippen LogP contribution in [0.2, 0.25) is 0 Å². The lowest BCUT2D eigenvalue weighted by atomic mass is 9.79. The molecule has 2 fully saturated rings. The van der Waals surface area contributed by atoms with Crippen LogP contribution in [-0.2, 0) is 4.74 Å². The van der Waals surface area contributed by atoms with E-state index >= 15 is 0 Å². The third-order valence-electron chi connectivity index (χ3n) is 3.40. The van der Waals surface area contributed by atoms with Gasteiger partial charge in [0.05, 0.1) is 13.2 Å². The number of likely N-dealkylation sites (tertiary alicyclic amines) is 1. The van der Waals surface area contributed by atoms with E-state index in [2.05, 4.69) is 11.8 Å². The van der Waals surface area contributed by atoms with Crippen molar-refractivity contribution in [2.75, 3.05) is 32.8 Å². The van der Waals surface area contributed by atoms with Gasteiger partial charge in [0.25, 0.3) is 0 Å². The van der Waals surface area contributed by atoms with E-state index in [-0.39, 0.29) is 0 Å². The first-order valence-electron chi connectivity index (χ1n) is 5.15. The van der Waals surface area contributed by atoms with Gasteiger partial charge in [-0.25, -0.2) is 0 Å². The normalized spacial score (nSPS) is 29.8. The number of hydrogen-bond acceptors (Lipinski definition) is 2. The summed E-state index contributed by atoms with van der Waals surface area (Å²) >= 11 is 0. The smallest absolute Gasteiger partial charge is 0.0545 e. The molecule has 0 N–H and O–H groups in total. The lowest BCUT2D eigenvalue weighted by molar-refractivity contribution is -0.119. The minimum atomic E-state index is 0.601. The summed E-state index contributed by atoms with van der Waals surface area (Å²) in [5, 5.41) is 0. The van der Waals surface area contributed by atoms with E-state index in [1.807, 2.05) is 0 Å². The Morgan fingerprint density at radius 1 is 1.25 bits per heavy atom. The summed E-state index contributed by atoms with van der Waals surface area (Å²) in [6, 6.07) is 0. The highest BCUT2D eigenvalue weighted by atomic mass is 16.5. The van der Waals surface area contributed by atoms with Crippen molar-refractivity contribution in [3.63, 3.8) is 0 Å². The molecule has 0 atom stereocenters. The van der Waals surface area contributed by atoms with Gasteiger partial charge in [-0.2, -0.15) is 0 Å². The summed E-state index contributed by atoms with van der Waals surface area (Å²) in [6.07, 6.45) is 4.13. The van der Waals surface area contributed by atoms with Crippen LogP contribution in [-0.4, -0.2) is 37.7 Å². The average molecular weight is 169 g/mol. The zero-order chi connectivity index (χ0) is 8.44. The molecule has 2 nitrogen and oxygen atoms in total. The molecule has 0 aromatic carbocycles. The number of hydrogen-bond donors (Lipinski definition) is 0. The fourth-order valence-corrected chi connectivity index (χ4v) is 2.31. The minimum absolute atomic E-state index is 0.601. The molecule has 2 rings (SSSR count). The summed E-state index contributed by atoms with van der Waals surface area (Å²) in [7, 11) is 0. The average Bonchev–Trinajstić information content (AvgIpc) is 2.24. The van der Waals surface area contributed by atoms with Gasteiger partial charge in [-0.15, -0.1) is 0 Å². The fraction of sp³-hybridized carbons (Fsp3) is 1.00. The Morgan fingerprint density at radius 2 is 2.08 bits per heavy atom. The molecule has 0 bridgehead atoms. The van der Waals surface area contributed by atoms with Crippen LogP contribution in [0.4, 0.5) is 0 Å². The summed E-state index contributed by atoms with van der Waals surface area (Å²) in [4.78, 5) is 2.56.